The van der Waals surface area contributed by atoms with Crippen LogP contribution in [0.4, 0.5) is 35.9 Å². The lowest BCUT2D eigenvalue weighted by Crippen LogP contribution is -2.52. The Kier molecular flexibility index (Phi) is 8.63. The Hall–Kier alpha value is -2.70. The highest BCUT2D eigenvalue weighted by atomic mass is 19.4. The molecular formula is C23H29F6N3O4. The topological polar surface area (TPSA) is 73.3 Å². The van der Waals surface area contributed by atoms with Gasteiger partial charge in [0, 0.05) is 46.3 Å². The number of nitrogens with zero attached hydrogens (tertiary/aromatic N) is 3. The standard InChI is InChI=1S/C23H29F6N3O4/c1-30(13-16-10-17(22(24,25)26)12-18(11-16)23(27,28)29)20(33)32-8-6-31(7-9-32)14-15-2-4-19(5-3-15)36-21(34)35/h10-12,15,19H,2-9,13-14H2,1H3,(H,34,35). The third-order valence-electron chi connectivity index (χ3n) is 6.61. The molecule has 1 saturated heterocycles. The molecule has 0 aromatic heterocycles. The summed E-state index contributed by atoms with van der Waals surface area (Å²) in [5, 5.41) is 8.72. The molecule has 1 aromatic rings. The number of carbonyl (C=O) groups excluding carboxylic acids is 1. The number of hydrogen-bond acceptors (Lipinski definition) is 4. The highest BCUT2D eigenvalue weighted by molar-refractivity contribution is 5.74. The minimum atomic E-state index is -4.95. The number of rotatable bonds is 5. The minimum absolute atomic E-state index is 0.0657. The third-order valence-corrected chi connectivity index (χ3v) is 6.61. The van der Waals surface area contributed by atoms with Gasteiger partial charge in [0.25, 0.3) is 0 Å². The molecule has 202 valence electrons. The van der Waals surface area contributed by atoms with E-state index in [-0.39, 0.29) is 17.7 Å². The van der Waals surface area contributed by atoms with E-state index in [2.05, 4.69) is 4.90 Å². The summed E-state index contributed by atoms with van der Waals surface area (Å²) in [5.74, 6) is 0.396. The van der Waals surface area contributed by atoms with Crippen LogP contribution in [0.5, 0.6) is 0 Å². The van der Waals surface area contributed by atoms with Gasteiger partial charge in [-0.05, 0) is 55.4 Å². The predicted molar refractivity (Wildman–Crippen MR) is 116 cm³/mol. The molecule has 1 aromatic carbocycles. The van der Waals surface area contributed by atoms with Gasteiger partial charge in [-0.1, -0.05) is 0 Å². The maximum Gasteiger partial charge on any atom is 0.506 e. The first-order chi connectivity index (χ1) is 16.7. The van der Waals surface area contributed by atoms with Crippen molar-refractivity contribution in [2.75, 3.05) is 39.8 Å². The number of hydrogen-bond donors (Lipinski definition) is 1. The highest BCUT2D eigenvalue weighted by Gasteiger charge is 2.37. The Morgan fingerprint density at radius 1 is 0.944 bits per heavy atom. The van der Waals surface area contributed by atoms with Gasteiger partial charge in [-0.25, -0.2) is 9.59 Å². The fourth-order valence-corrected chi connectivity index (χ4v) is 4.76. The molecule has 1 heterocycles. The van der Waals surface area contributed by atoms with Gasteiger partial charge in [0.1, 0.15) is 6.10 Å². The first kappa shape index (κ1) is 27.9. The molecule has 13 heteroatoms. The van der Waals surface area contributed by atoms with Crippen LogP contribution in [0.25, 0.3) is 0 Å². The van der Waals surface area contributed by atoms with Crippen molar-refractivity contribution in [2.45, 2.75) is 50.7 Å². The lowest BCUT2D eigenvalue weighted by molar-refractivity contribution is -0.143. The summed E-state index contributed by atoms with van der Waals surface area (Å²) in [5.41, 5.74) is -3.08. The van der Waals surface area contributed by atoms with Gasteiger partial charge < -0.3 is 19.6 Å². The van der Waals surface area contributed by atoms with Gasteiger partial charge in [-0.15, -0.1) is 0 Å². The van der Waals surface area contributed by atoms with Crippen molar-refractivity contribution in [1.29, 1.82) is 0 Å². The van der Waals surface area contributed by atoms with Crippen molar-refractivity contribution in [3.63, 3.8) is 0 Å². The van der Waals surface area contributed by atoms with E-state index in [0.29, 0.717) is 57.1 Å². The number of amides is 2. The van der Waals surface area contributed by atoms with Crippen LogP contribution >= 0.6 is 0 Å². The quantitative estimate of drug-likeness (QED) is 0.426. The molecule has 2 amide bonds. The second-order valence-electron chi connectivity index (χ2n) is 9.37. The van der Waals surface area contributed by atoms with Crippen molar-refractivity contribution >= 4 is 12.2 Å². The molecule has 0 bridgehead atoms. The van der Waals surface area contributed by atoms with Crippen LogP contribution in [0.2, 0.25) is 0 Å². The molecule has 3 rings (SSSR count). The van der Waals surface area contributed by atoms with Gasteiger partial charge >= 0.3 is 24.5 Å². The summed E-state index contributed by atoms with van der Waals surface area (Å²) >= 11 is 0. The number of benzene rings is 1. The normalized spacial score (nSPS) is 21.8. The van der Waals surface area contributed by atoms with Gasteiger partial charge in [-0.2, -0.15) is 26.3 Å². The SMILES string of the molecule is CN(Cc1cc(C(F)(F)F)cc(C(F)(F)F)c1)C(=O)N1CCN(CC2CCC(OC(=O)O)CC2)CC1. The van der Waals surface area contributed by atoms with Crippen molar-refractivity contribution in [2.24, 2.45) is 5.92 Å². The van der Waals surface area contributed by atoms with Crippen molar-refractivity contribution in [3.8, 4) is 0 Å². The Balaban J connectivity index is 1.52. The van der Waals surface area contributed by atoms with Gasteiger partial charge in [0.2, 0.25) is 0 Å². The van der Waals surface area contributed by atoms with Crippen LogP contribution in [-0.4, -0.2) is 77.9 Å². The van der Waals surface area contributed by atoms with E-state index in [9.17, 15) is 35.9 Å². The smallest absolute Gasteiger partial charge is 0.450 e. The van der Waals surface area contributed by atoms with E-state index in [0.717, 1.165) is 24.3 Å². The van der Waals surface area contributed by atoms with Crippen LogP contribution in [0.15, 0.2) is 18.2 Å². The molecular weight excluding hydrogens is 496 g/mol. The first-order valence-electron chi connectivity index (χ1n) is 11.6. The maximum atomic E-state index is 13.1. The van der Waals surface area contributed by atoms with Crippen LogP contribution in [0, 0.1) is 5.92 Å². The predicted octanol–water partition coefficient (Wildman–Crippen LogP) is 5.15. The summed E-state index contributed by atoms with van der Waals surface area (Å²) in [4.78, 5) is 28.3. The van der Waals surface area contributed by atoms with Crippen molar-refractivity contribution in [1.82, 2.24) is 14.7 Å². The summed E-state index contributed by atoms with van der Waals surface area (Å²) in [6.07, 6.45) is -8.40. The lowest BCUT2D eigenvalue weighted by atomic mass is 9.87. The molecule has 0 atom stereocenters. The summed E-state index contributed by atoms with van der Waals surface area (Å²) in [6, 6.07) is 0.864. The van der Waals surface area contributed by atoms with Gasteiger partial charge in [-0.3, -0.25) is 4.90 Å². The zero-order valence-electron chi connectivity index (χ0n) is 19.7. The summed E-state index contributed by atoms with van der Waals surface area (Å²) < 4.78 is 83.5. The molecule has 0 unspecified atom stereocenters. The van der Waals surface area contributed by atoms with E-state index in [1.807, 2.05) is 0 Å². The second-order valence-corrected chi connectivity index (χ2v) is 9.37. The van der Waals surface area contributed by atoms with E-state index >= 15 is 0 Å². The third kappa shape index (κ3) is 7.65. The number of carboxylic acid groups (broad SMARTS) is 1. The number of piperazine rings is 1. The van der Waals surface area contributed by atoms with Crippen LogP contribution < -0.4 is 0 Å². The fourth-order valence-electron chi connectivity index (χ4n) is 4.76. The summed E-state index contributed by atoms with van der Waals surface area (Å²) in [7, 11) is 1.35. The molecule has 7 nitrogen and oxygen atoms in total. The number of carbonyl (C=O) groups is 2. The molecule has 0 spiro atoms. The second kappa shape index (κ2) is 11.1. The van der Waals surface area contributed by atoms with Gasteiger partial charge in [0.05, 0.1) is 11.1 Å². The Bertz CT molecular complexity index is 891. The largest absolute Gasteiger partial charge is 0.506 e. The van der Waals surface area contributed by atoms with Crippen molar-refractivity contribution in [3.05, 3.63) is 34.9 Å². The molecule has 0 radical (unpaired) electrons. The minimum Gasteiger partial charge on any atom is -0.450 e. The highest BCUT2D eigenvalue weighted by Crippen LogP contribution is 2.36. The first-order valence-corrected chi connectivity index (χ1v) is 11.6. The zero-order chi connectivity index (χ0) is 26.7. The number of halogens is 6. The monoisotopic (exact) mass is 525 g/mol. The lowest BCUT2D eigenvalue weighted by Gasteiger charge is -2.39. The van der Waals surface area contributed by atoms with E-state index in [1.165, 1.54) is 11.9 Å². The molecule has 2 aliphatic rings. The average Bonchev–Trinajstić information content (AvgIpc) is 2.78. The van der Waals surface area contributed by atoms with E-state index in [4.69, 9.17) is 9.84 Å². The van der Waals surface area contributed by atoms with Crippen LogP contribution in [0.3, 0.4) is 0 Å². The van der Waals surface area contributed by atoms with Crippen LogP contribution in [-0.2, 0) is 23.6 Å². The molecule has 1 aliphatic heterocycles. The Labute approximate surface area is 204 Å². The van der Waals surface area contributed by atoms with E-state index < -0.39 is 42.2 Å². The number of alkyl halides is 6. The number of ether oxygens (including phenoxy) is 1. The fraction of sp³-hybridized carbons (Fsp3) is 0.652. The van der Waals surface area contributed by atoms with E-state index in [1.54, 1.807) is 0 Å². The Morgan fingerprint density at radius 3 is 1.94 bits per heavy atom. The van der Waals surface area contributed by atoms with Gasteiger partial charge in [0.15, 0.2) is 0 Å². The Morgan fingerprint density at radius 2 is 1.47 bits per heavy atom. The molecule has 2 fully saturated rings. The molecule has 36 heavy (non-hydrogen) atoms. The van der Waals surface area contributed by atoms with Crippen LogP contribution in [0.1, 0.15) is 42.4 Å². The maximum absolute atomic E-state index is 13.1. The molecule has 1 N–H and O–H groups in total. The van der Waals surface area contributed by atoms with Crippen molar-refractivity contribution < 1.29 is 45.8 Å². The molecule has 1 saturated carbocycles. The zero-order valence-corrected chi connectivity index (χ0v) is 19.7. The molecule has 1 aliphatic carbocycles. The average molecular weight is 525 g/mol. The number of urea groups is 1. The summed E-state index contributed by atoms with van der Waals surface area (Å²) in [6.45, 7) is 2.36.